The van der Waals surface area contributed by atoms with Crippen LogP contribution in [0.2, 0.25) is 0 Å². The number of aliphatic hydroxyl groups excluding tert-OH is 1. The van der Waals surface area contributed by atoms with Crippen molar-refractivity contribution >= 4 is 5.69 Å². The molecule has 3 nitrogen and oxygen atoms in total. The van der Waals surface area contributed by atoms with Gasteiger partial charge in [0.05, 0.1) is 6.61 Å². The molecule has 0 amide bonds. The van der Waals surface area contributed by atoms with Crippen molar-refractivity contribution < 1.29 is 5.11 Å². The Bertz CT molecular complexity index is 460. The lowest BCUT2D eigenvalue weighted by molar-refractivity contribution is 0.152. The summed E-state index contributed by atoms with van der Waals surface area (Å²) in [6.45, 7) is 9.05. The van der Waals surface area contributed by atoms with Crippen molar-refractivity contribution in [3.05, 3.63) is 29.8 Å². The first-order valence-corrected chi connectivity index (χ1v) is 7.89. The van der Waals surface area contributed by atoms with E-state index in [1.54, 1.807) is 0 Å². The van der Waals surface area contributed by atoms with Gasteiger partial charge in [-0.25, -0.2) is 0 Å². The molecule has 0 unspecified atom stereocenters. The Kier molecular flexibility index (Phi) is 3.99. The van der Waals surface area contributed by atoms with Gasteiger partial charge in [0.15, 0.2) is 0 Å². The van der Waals surface area contributed by atoms with Crippen molar-refractivity contribution in [1.29, 1.82) is 0 Å². The Morgan fingerprint density at radius 2 is 2.10 bits per heavy atom. The normalized spacial score (nSPS) is 25.9. The number of benzene rings is 1. The average Bonchev–Trinajstić information content (AvgIpc) is 2.73. The summed E-state index contributed by atoms with van der Waals surface area (Å²) in [7, 11) is 0. The fraction of sp³-hybridized carbons (Fsp3) is 0.647. The summed E-state index contributed by atoms with van der Waals surface area (Å²) in [6.07, 6.45) is 1.21. The molecule has 0 aromatic heterocycles. The second-order valence-electron chi connectivity index (χ2n) is 6.59. The van der Waals surface area contributed by atoms with Crippen LogP contribution in [0.3, 0.4) is 0 Å². The molecule has 1 aromatic rings. The summed E-state index contributed by atoms with van der Waals surface area (Å²) < 4.78 is 0. The molecule has 2 atom stereocenters. The third kappa shape index (κ3) is 2.45. The summed E-state index contributed by atoms with van der Waals surface area (Å²) in [4.78, 5) is 5.05. The number of nitrogens with zero attached hydrogens (tertiary/aromatic N) is 2. The number of β-amino-alcohol motifs (C(OH)–C–C–N with tert-alkyl or cyclic N) is 1. The molecule has 0 bridgehead atoms. The van der Waals surface area contributed by atoms with E-state index in [-0.39, 0.29) is 6.61 Å². The second kappa shape index (κ2) is 5.74. The summed E-state index contributed by atoms with van der Waals surface area (Å²) in [5.41, 5.74) is 2.96. The number of likely N-dealkylation sites (tertiary alicyclic amines) is 1. The number of anilines is 1. The Labute approximate surface area is 122 Å². The van der Waals surface area contributed by atoms with E-state index in [9.17, 15) is 5.11 Å². The minimum absolute atomic E-state index is 0.273. The van der Waals surface area contributed by atoms with Crippen LogP contribution >= 0.6 is 0 Å². The molecule has 0 spiro atoms. The lowest BCUT2D eigenvalue weighted by atomic mass is 9.89. The van der Waals surface area contributed by atoms with Crippen molar-refractivity contribution in [3.8, 4) is 0 Å². The molecule has 1 N–H and O–H groups in total. The maximum absolute atomic E-state index is 9.17. The van der Waals surface area contributed by atoms with E-state index < -0.39 is 0 Å². The summed E-state index contributed by atoms with van der Waals surface area (Å²) >= 11 is 0. The molecule has 3 rings (SSSR count). The summed E-state index contributed by atoms with van der Waals surface area (Å²) in [5.74, 6) is 1.31. The van der Waals surface area contributed by atoms with Crippen LogP contribution in [0, 0.1) is 5.92 Å². The molecular formula is C17H26N2O. The highest BCUT2D eigenvalue weighted by Crippen LogP contribution is 2.44. The van der Waals surface area contributed by atoms with Gasteiger partial charge in [-0.1, -0.05) is 32.0 Å². The fourth-order valence-corrected chi connectivity index (χ4v) is 3.90. The molecule has 0 radical (unpaired) electrons. The summed E-state index contributed by atoms with van der Waals surface area (Å²) in [6, 6.07) is 9.57. The quantitative estimate of drug-likeness (QED) is 0.913. The third-order valence-electron chi connectivity index (χ3n) is 4.68. The van der Waals surface area contributed by atoms with Crippen LogP contribution in [0.5, 0.6) is 0 Å². The van der Waals surface area contributed by atoms with Gasteiger partial charge in [-0.05, 0) is 24.0 Å². The second-order valence-corrected chi connectivity index (χ2v) is 6.59. The Morgan fingerprint density at radius 3 is 2.85 bits per heavy atom. The maximum atomic E-state index is 9.17. The first-order valence-electron chi connectivity index (χ1n) is 7.89. The van der Waals surface area contributed by atoms with E-state index in [0.717, 1.165) is 26.2 Å². The highest BCUT2D eigenvalue weighted by molar-refractivity contribution is 5.62. The Hall–Kier alpha value is -1.06. The van der Waals surface area contributed by atoms with Gasteiger partial charge in [0, 0.05) is 43.8 Å². The predicted molar refractivity (Wildman–Crippen MR) is 83.3 cm³/mol. The number of hydrogen-bond donors (Lipinski definition) is 1. The van der Waals surface area contributed by atoms with Gasteiger partial charge in [-0.15, -0.1) is 0 Å². The van der Waals surface area contributed by atoms with Crippen LogP contribution in [0.15, 0.2) is 24.3 Å². The van der Waals surface area contributed by atoms with Crippen molar-refractivity contribution in [2.45, 2.75) is 32.2 Å². The molecule has 3 heteroatoms. The number of piperidine rings is 1. The van der Waals surface area contributed by atoms with Crippen LogP contribution in [-0.4, -0.2) is 48.8 Å². The molecule has 0 aliphatic carbocycles. The molecule has 1 saturated heterocycles. The zero-order valence-corrected chi connectivity index (χ0v) is 12.6. The highest BCUT2D eigenvalue weighted by atomic mass is 16.3. The van der Waals surface area contributed by atoms with Gasteiger partial charge in [0.25, 0.3) is 0 Å². The van der Waals surface area contributed by atoms with Crippen molar-refractivity contribution in [1.82, 2.24) is 4.90 Å². The Balaban J connectivity index is 1.86. The van der Waals surface area contributed by atoms with E-state index in [0.29, 0.717) is 17.9 Å². The first kappa shape index (κ1) is 13.9. The highest BCUT2D eigenvalue weighted by Gasteiger charge is 2.41. The van der Waals surface area contributed by atoms with Crippen LogP contribution in [0.4, 0.5) is 5.69 Å². The lowest BCUT2D eigenvalue weighted by Gasteiger charge is -2.39. The van der Waals surface area contributed by atoms with Gasteiger partial charge in [0.1, 0.15) is 0 Å². The van der Waals surface area contributed by atoms with Gasteiger partial charge in [-0.3, -0.25) is 0 Å². The van der Waals surface area contributed by atoms with Gasteiger partial charge >= 0.3 is 0 Å². The fourth-order valence-electron chi connectivity index (χ4n) is 3.90. The minimum Gasteiger partial charge on any atom is -0.395 e. The number of para-hydroxylation sites is 1. The molecule has 2 heterocycles. The van der Waals surface area contributed by atoms with E-state index in [2.05, 4.69) is 47.9 Å². The maximum Gasteiger partial charge on any atom is 0.0558 e. The van der Waals surface area contributed by atoms with Gasteiger partial charge in [0.2, 0.25) is 0 Å². The van der Waals surface area contributed by atoms with E-state index in [1.165, 1.54) is 17.7 Å². The molecule has 1 fully saturated rings. The monoisotopic (exact) mass is 274 g/mol. The molecular weight excluding hydrogens is 248 g/mol. The van der Waals surface area contributed by atoms with E-state index >= 15 is 0 Å². The van der Waals surface area contributed by atoms with Gasteiger partial charge < -0.3 is 14.9 Å². The summed E-state index contributed by atoms with van der Waals surface area (Å²) in [5, 5.41) is 9.17. The van der Waals surface area contributed by atoms with E-state index in [4.69, 9.17) is 0 Å². The average molecular weight is 274 g/mol. The first-order chi connectivity index (χ1) is 9.70. The van der Waals surface area contributed by atoms with E-state index in [1.807, 2.05) is 0 Å². The SMILES string of the molecule is CC(C)CN1c2ccccc2[C@H]2CN(CCO)CC[C@H]21. The number of fused-ring (bicyclic) bond motifs is 3. The molecule has 2 aliphatic rings. The van der Waals surface area contributed by atoms with Crippen molar-refractivity contribution in [2.24, 2.45) is 5.92 Å². The van der Waals surface area contributed by atoms with Crippen LogP contribution < -0.4 is 4.90 Å². The molecule has 110 valence electrons. The lowest BCUT2D eigenvalue weighted by Crippen LogP contribution is -2.47. The number of hydrogen-bond acceptors (Lipinski definition) is 3. The van der Waals surface area contributed by atoms with Crippen molar-refractivity contribution in [3.63, 3.8) is 0 Å². The van der Waals surface area contributed by atoms with Crippen LogP contribution in [0.1, 0.15) is 31.7 Å². The number of rotatable bonds is 4. The molecule has 1 aromatic carbocycles. The van der Waals surface area contributed by atoms with Gasteiger partial charge in [-0.2, -0.15) is 0 Å². The zero-order chi connectivity index (χ0) is 14.1. The van der Waals surface area contributed by atoms with Crippen molar-refractivity contribution in [2.75, 3.05) is 37.7 Å². The molecule has 20 heavy (non-hydrogen) atoms. The van der Waals surface area contributed by atoms with Crippen LogP contribution in [-0.2, 0) is 0 Å². The van der Waals surface area contributed by atoms with Crippen LogP contribution in [0.25, 0.3) is 0 Å². The predicted octanol–water partition coefficient (Wildman–Crippen LogP) is 2.31. The standard InChI is InChI=1S/C17H26N2O/c1-13(2)11-19-16-6-4-3-5-14(16)15-12-18(9-10-20)8-7-17(15)19/h3-6,13,15,17,20H,7-12H2,1-2H3/t15-,17-/m1/s1. The molecule has 2 aliphatic heterocycles. The zero-order valence-electron chi connectivity index (χ0n) is 12.6. The Morgan fingerprint density at radius 1 is 1.30 bits per heavy atom. The number of aliphatic hydroxyl groups is 1. The minimum atomic E-state index is 0.273. The smallest absolute Gasteiger partial charge is 0.0558 e. The third-order valence-corrected chi connectivity index (χ3v) is 4.68. The largest absolute Gasteiger partial charge is 0.395 e. The molecule has 0 saturated carbocycles. The topological polar surface area (TPSA) is 26.7 Å².